The van der Waals surface area contributed by atoms with Crippen LogP contribution in [0.1, 0.15) is 66.9 Å². The number of rotatable bonds is 6. The van der Waals surface area contributed by atoms with E-state index in [-0.39, 0.29) is 17.4 Å². The molecule has 1 aromatic rings. The maximum absolute atomic E-state index is 12.9. The van der Waals surface area contributed by atoms with E-state index < -0.39 is 10.8 Å². The quantitative estimate of drug-likeness (QED) is 0.814. The Labute approximate surface area is 152 Å². The first-order chi connectivity index (χ1) is 11.3. The zero-order chi connectivity index (χ0) is 19.5. The van der Waals surface area contributed by atoms with Crippen LogP contribution >= 0.6 is 0 Å². The van der Waals surface area contributed by atoms with Gasteiger partial charge in [0.15, 0.2) is 0 Å². The number of hydrogen-bond donors (Lipinski definition) is 2. The summed E-state index contributed by atoms with van der Waals surface area (Å²) in [4.78, 5) is 29.7. The van der Waals surface area contributed by atoms with Crippen LogP contribution in [0.25, 0.3) is 0 Å². The summed E-state index contributed by atoms with van der Waals surface area (Å²) in [6.45, 7) is 15.5. The molecule has 5 nitrogen and oxygen atoms in total. The molecular weight excluding hydrogens is 314 g/mol. The second-order valence-corrected chi connectivity index (χ2v) is 8.85. The monoisotopic (exact) mass is 347 g/mol. The number of hydrogen-bond acceptors (Lipinski definition) is 3. The van der Waals surface area contributed by atoms with E-state index in [4.69, 9.17) is 0 Å². The van der Waals surface area contributed by atoms with Gasteiger partial charge in [0, 0.05) is 22.6 Å². The fourth-order valence-corrected chi connectivity index (χ4v) is 2.74. The zero-order valence-corrected chi connectivity index (χ0v) is 16.9. The second kappa shape index (κ2) is 7.54. The summed E-state index contributed by atoms with van der Waals surface area (Å²) in [5, 5.41) is 5.91. The van der Waals surface area contributed by atoms with Gasteiger partial charge in [-0.25, -0.2) is 4.98 Å². The molecule has 0 spiro atoms. The lowest BCUT2D eigenvalue weighted by Crippen LogP contribution is -2.49. The highest BCUT2D eigenvalue weighted by atomic mass is 16.2. The van der Waals surface area contributed by atoms with Gasteiger partial charge in [-0.15, -0.1) is 0 Å². The fourth-order valence-electron chi connectivity index (χ4n) is 2.74. The Morgan fingerprint density at radius 1 is 1.04 bits per heavy atom. The Morgan fingerprint density at radius 2 is 1.64 bits per heavy atom. The molecule has 0 aliphatic rings. The summed E-state index contributed by atoms with van der Waals surface area (Å²) in [5.74, 6) is 0.385. The van der Waals surface area contributed by atoms with Crippen molar-refractivity contribution in [2.45, 2.75) is 73.8 Å². The summed E-state index contributed by atoms with van der Waals surface area (Å²) in [6.07, 6.45) is 2.81. The van der Waals surface area contributed by atoms with Gasteiger partial charge < -0.3 is 10.6 Å². The molecule has 1 atom stereocenters. The van der Waals surface area contributed by atoms with E-state index in [0.717, 1.165) is 5.56 Å². The van der Waals surface area contributed by atoms with Crippen molar-refractivity contribution in [1.82, 2.24) is 10.3 Å². The normalized spacial score (nSPS) is 14.6. The predicted octanol–water partition coefficient (Wildman–Crippen LogP) is 4.08. The van der Waals surface area contributed by atoms with Crippen LogP contribution in [0.15, 0.2) is 18.3 Å². The maximum atomic E-state index is 12.9. The Bertz CT molecular complexity index is 615. The third-order valence-electron chi connectivity index (χ3n) is 4.42. The highest BCUT2D eigenvalue weighted by molar-refractivity contribution is 5.95. The molecule has 0 saturated carbocycles. The smallest absolute Gasteiger partial charge is 0.231 e. The topological polar surface area (TPSA) is 71.1 Å². The van der Waals surface area contributed by atoms with Crippen molar-refractivity contribution in [1.29, 1.82) is 0 Å². The van der Waals surface area contributed by atoms with E-state index >= 15 is 0 Å². The lowest BCUT2D eigenvalue weighted by molar-refractivity contribution is -0.135. The SMILES string of the molecule is CC[C@](C)(CC(C)(C)C(=O)NC(C)(C)C)C(=O)Nc1ccc(C)cn1. The summed E-state index contributed by atoms with van der Waals surface area (Å²) in [5.41, 5.74) is -0.580. The minimum absolute atomic E-state index is 0.0408. The van der Waals surface area contributed by atoms with Gasteiger partial charge >= 0.3 is 0 Å². The third-order valence-corrected chi connectivity index (χ3v) is 4.42. The van der Waals surface area contributed by atoms with Gasteiger partial charge in [0.1, 0.15) is 5.82 Å². The molecule has 0 aliphatic heterocycles. The molecular formula is C20H33N3O2. The van der Waals surface area contributed by atoms with Gasteiger partial charge in [-0.3, -0.25) is 9.59 Å². The van der Waals surface area contributed by atoms with Crippen molar-refractivity contribution in [3.63, 3.8) is 0 Å². The molecule has 140 valence electrons. The first kappa shape index (κ1) is 21.1. The van der Waals surface area contributed by atoms with E-state index in [1.807, 2.05) is 61.5 Å². The Hall–Kier alpha value is -1.91. The molecule has 0 saturated heterocycles. The molecule has 2 amide bonds. The molecule has 0 fully saturated rings. The Balaban J connectivity index is 2.91. The number of amides is 2. The number of anilines is 1. The molecule has 0 unspecified atom stereocenters. The van der Waals surface area contributed by atoms with Crippen molar-refractivity contribution < 1.29 is 9.59 Å². The molecule has 1 rings (SSSR count). The molecule has 1 aromatic heterocycles. The first-order valence-corrected chi connectivity index (χ1v) is 8.86. The number of carbonyl (C=O) groups is 2. The number of nitrogens with zero attached hydrogens (tertiary/aromatic N) is 1. The largest absolute Gasteiger partial charge is 0.351 e. The molecule has 25 heavy (non-hydrogen) atoms. The highest BCUT2D eigenvalue weighted by Crippen LogP contribution is 2.38. The van der Waals surface area contributed by atoms with Gasteiger partial charge in [-0.2, -0.15) is 0 Å². The number of carbonyl (C=O) groups excluding carboxylic acids is 2. The van der Waals surface area contributed by atoms with Crippen LogP contribution in [0, 0.1) is 17.8 Å². The van der Waals surface area contributed by atoms with Crippen molar-refractivity contribution in [3.8, 4) is 0 Å². The van der Waals surface area contributed by atoms with Crippen LogP contribution in [0.5, 0.6) is 0 Å². The minimum Gasteiger partial charge on any atom is -0.351 e. The van der Waals surface area contributed by atoms with Crippen LogP contribution < -0.4 is 10.6 Å². The average molecular weight is 348 g/mol. The lowest BCUT2D eigenvalue weighted by atomic mass is 9.71. The van der Waals surface area contributed by atoms with E-state index in [1.165, 1.54) is 0 Å². The van der Waals surface area contributed by atoms with Gasteiger partial charge in [0.2, 0.25) is 11.8 Å². The fraction of sp³-hybridized carbons (Fsp3) is 0.650. The Morgan fingerprint density at radius 3 is 2.08 bits per heavy atom. The van der Waals surface area contributed by atoms with Crippen LogP contribution in [0.2, 0.25) is 0 Å². The lowest BCUT2D eigenvalue weighted by Gasteiger charge is -2.36. The third kappa shape index (κ3) is 6.15. The number of aryl methyl sites for hydroxylation is 1. The summed E-state index contributed by atoms with van der Waals surface area (Å²) in [7, 11) is 0. The molecule has 0 aromatic carbocycles. The molecule has 5 heteroatoms. The van der Waals surface area contributed by atoms with Crippen molar-refractivity contribution in [2.75, 3.05) is 5.32 Å². The van der Waals surface area contributed by atoms with Crippen LogP contribution in [0.3, 0.4) is 0 Å². The molecule has 2 N–H and O–H groups in total. The highest BCUT2D eigenvalue weighted by Gasteiger charge is 2.41. The van der Waals surface area contributed by atoms with E-state index in [1.54, 1.807) is 12.3 Å². The van der Waals surface area contributed by atoms with Crippen molar-refractivity contribution >= 4 is 17.6 Å². The molecule has 1 heterocycles. The van der Waals surface area contributed by atoms with Crippen LogP contribution in [0.4, 0.5) is 5.82 Å². The summed E-state index contributed by atoms with van der Waals surface area (Å²) >= 11 is 0. The number of nitrogens with one attached hydrogen (secondary N) is 2. The van der Waals surface area contributed by atoms with E-state index in [0.29, 0.717) is 18.7 Å². The van der Waals surface area contributed by atoms with Crippen LogP contribution in [-0.4, -0.2) is 22.3 Å². The van der Waals surface area contributed by atoms with Gasteiger partial charge in [-0.05, 0) is 52.2 Å². The maximum Gasteiger partial charge on any atom is 0.231 e. The predicted molar refractivity (Wildman–Crippen MR) is 102 cm³/mol. The molecule has 0 radical (unpaired) electrons. The number of pyridine rings is 1. The van der Waals surface area contributed by atoms with E-state index in [2.05, 4.69) is 15.6 Å². The van der Waals surface area contributed by atoms with E-state index in [9.17, 15) is 9.59 Å². The molecule has 0 bridgehead atoms. The Kier molecular flexibility index (Phi) is 6.38. The van der Waals surface area contributed by atoms with Gasteiger partial charge in [0.25, 0.3) is 0 Å². The standard InChI is InChI=1S/C20H33N3O2/c1-9-20(8,13-19(6,7)16(24)23-18(3,4)5)17(25)22-15-11-10-14(2)12-21-15/h10-12H,9,13H2,1-8H3,(H,23,24)(H,21,22,25)/t20-/m1/s1. The minimum atomic E-state index is -0.661. The van der Waals surface area contributed by atoms with Crippen molar-refractivity contribution in [2.24, 2.45) is 10.8 Å². The first-order valence-electron chi connectivity index (χ1n) is 8.86. The van der Waals surface area contributed by atoms with Gasteiger partial charge in [0.05, 0.1) is 0 Å². The molecule has 0 aliphatic carbocycles. The van der Waals surface area contributed by atoms with Crippen molar-refractivity contribution in [3.05, 3.63) is 23.9 Å². The van der Waals surface area contributed by atoms with Crippen LogP contribution in [-0.2, 0) is 9.59 Å². The van der Waals surface area contributed by atoms with Gasteiger partial charge in [-0.1, -0.05) is 33.8 Å². The summed E-state index contributed by atoms with van der Waals surface area (Å²) < 4.78 is 0. The zero-order valence-electron chi connectivity index (χ0n) is 16.9. The average Bonchev–Trinajstić information content (AvgIpc) is 2.47. The number of aromatic nitrogens is 1. The summed E-state index contributed by atoms with van der Waals surface area (Å²) in [6, 6.07) is 3.70. The second-order valence-electron chi connectivity index (χ2n) is 8.85.